The van der Waals surface area contributed by atoms with Crippen molar-refractivity contribution in [3.63, 3.8) is 0 Å². The Morgan fingerprint density at radius 1 is 1.08 bits per heavy atom. The van der Waals surface area contributed by atoms with Gasteiger partial charge in [0.2, 0.25) is 0 Å². The molecule has 0 radical (unpaired) electrons. The fourth-order valence-electron chi connectivity index (χ4n) is 2.05. The monoisotopic (exact) mass is 327 g/mol. The van der Waals surface area contributed by atoms with Gasteiger partial charge in [0.25, 0.3) is 5.91 Å². The molecular weight excluding hydrogens is 306 g/mol. The molecular formula is C18H21N3O3. The molecule has 6 nitrogen and oxygen atoms in total. The summed E-state index contributed by atoms with van der Waals surface area (Å²) in [5.74, 6) is -0.517. The summed E-state index contributed by atoms with van der Waals surface area (Å²) in [5, 5.41) is 5.98. The smallest absolute Gasteiger partial charge is 0.338 e. The van der Waals surface area contributed by atoms with Gasteiger partial charge in [-0.05, 0) is 51.1 Å². The van der Waals surface area contributed by atoms with Crippen LogP contribution in [0.5, 0.6) is 0 Å². The minimum atomic E-state index is -0.349. The number of hydrogen-bond acceptors (Lipinski definition) is 5. The number of anilines is 2. The second-order valence-electron chi connectivity index (χ2n) is 5.51. The number of pyridine rings is 1. The average molecular weight is 327 g/mol. The largest absolute Gasteiger partial charge is 0.462 e. The van der Waals surface area contributed by atoms with Crippen LogP contribution in [-0.4, -0.2) is 29.5 Å². The van der Waals surface area contributed by atoms with Crippen LogP contribution in [0.4, 0.5) is 11.4 Å². The summed E-state index contributed by atoms with van der Waals surface area (Å²) < 4.78 is 4.95. The maximum Gasteiger partial charge on any atom is 0.338 e. The highest BCUT2D eigenvalue weighted by Crippen LogP contribution is 2.18. The molecule has 0 aliphatic carbocycles. The van der Waals surface area contributed by atoms with Crippen molar-refractivity contribution < 1.29 is 14.3 Å². The highest BCUT2D eigenvalue weighted by molar-refractivity contribution is 5.95. The van der Waals surface area contributed by atoms with Crippen LogP contribution in [0.15, 0.2) is 42.7 Å². The molecule has 2 aromatic rings. The molecule has 1 amide bonds. The molecule has 6 heteroatoms. The Morgan fingerprint density at radius 2 is 1.79 bits per heavy atom. The van der Waals surface area contributed by atoms with Gasteiger partial charge in [0.1, 0.15) is 0 Å². The van der Waals surface area contributed by atoms with E-state index in [1.54, 1.807) is 43.5 Å². The molecule has 0 unspecified atom stereocenters. The molecule has 0 aliphatic rings. The quantitative estimate of drug-likeness (QED) is 0.797. The lowest BCUT2D eigenvalue weighted by Crippen LogP contribution is -2.30. The molecule has 126 valence electrons. The number of carbonyl (C=O) groups is 2. The van der Waals surface area contributed by atoms with Gasteiger partial charge in [-0.3, -0.25) is 9.78 Å². The lowest BCUT2D eigenvalue weighted by atomic mass is 10.2. The SMILES string of the molecule is CCOC(=O)c1ccc(Nc2cncc(C(=O)NC(C)C)c2)cc1. The van der Waals surface area contributed by atoms with Crippen molar-refractivity contribution in [2.45, 2.75) is 26.8 Å². The van der Waals surface area contributed by atoms with Crippen LogP contribution >= 0.6 is 0 Å². The highest BCUT2D eigenvalue weighted by Gasteiger charge is 2.09. The van der Waals surface area contributed by atoms with E-state index in [2.05, 4.69) is 15.6 Å². The Morgan fingerprint density at radius 3 is 2.42 bits per heavy atom. The Labute approximate surface area is 141 Å². The molecule has 0 saturated heterocycles. The average Bonchev–Trinajstić information content (AvgIpc) is 2.55. The minimum Gasteiger partial charge on any atom is -0.462 e. The maximum absolute atomic E-state index is 12.0. The number of aromatic nitrogens is 1. The third-order valence-corrected chi connectivity index (χ3v) is 3.10. The van der Waals surface area contributed by atoms with Gasteiger partial charge in [-0.2, -0.15) is 0 Å². The van der Waals surface area contributed by atoms with Crippen molar-refractivity contribution in [1.82, 2.24) is 10.3 Å². The van der Waals surface area contributed by atoms with Crippen LogP contribution in [0.1, 0.15) is 41.5 Å². The van der Waals surface area contributed by atoms with Crippen LogP contribution < -0.4 is 10.6 Å². The summed E-state index contributed by atoms with van der Waals surface area (Å²) in [4.78, 5) is 27.7. The van der Waals surface area contributed by atoms with Crippen molar-refractivity contribution in [1.29, 1.82) is 0 Å². The molecule has 0 atom stereocenters. The van der Waals surface area contributed by atoms with E-state index < -0.39 is 0 Å². The van der Waals surface area contributed by atoms with Crippen molar-refractivity contribution in [3.8, 4) is 0 Å². The number of rotatable bonds is 6. The molecule has 0 bridgehead atoms. The van der Waals surface area contributed by atoms with Crippen LogP contribution in [0.2, 0.25) is 0 Å². The fourth-order valence-corrected chi connectivity index (χ4v) is 2.05. The summed E-state index contributed by atoms with van der Waals surface area (Å²) in [6.45, 7) is 5.91. The maximum atomic E-state index is 12.0. The van der Waals surface area contributed by atoms with Gasteiger partial charge in [-0.15, -0.1) is 0 Å². The Balaban J connectivity index is 2.08. The fraction of sp³-hybridized carbons (Fsp3) is 0.278. The first-order valence-electron chi connectivity index (χ1n) is 7.79. The zero-order valence-electron chi connectivity index (χ0n) is 14.0. The molecule has 2 N–H and O–H groups in total. The first-order chi connectivity index (χ1) is 11.5. The van der Waals surface area contributed by atoms with Crippen LogP contribution in [-0.2, 0) is 4.74 Å². The van der Waals surface area contributed by atoms with Gasteiger partial charge in [0.05, 0.1) is 29.6 Å². The molecule has 0 fully saturated rings. The van der Waals surface area contributed by atoms with Crippen LogP contribution in [0, 0.1) is 0 Å². The van der Waals surface area contributed by atoms with Crippen molar-refractivity contribution in [3.05, 3.63) is 53.9 Å². The number of nitrogens with zero attached hydrogens (tertiary/aromatic N) is 1. The van der Waals surface area contributed by atoms with E-state index in [4.69, 9.17) is 4.74 Å². The van der Waals surface area contributed by atoms with Crippen LogP contribution in [0.25, 0.3) is 0 Å². The lowest BCUT2D eigenvalue weighted by molar-refractivity contribution is 0.0526. The number of nitrogens with one attached hydrogen (secondary N) is 2. The number of carbonyl (C=O) groups excluding carboxylic acids is 2. The van der Waals surface area contributed by atoms with Gasteiger partial charge >= 0.3 is 5.97 Å². The molecule has 24 heavy (non-hydrogen) atoms. The van der Waals surface area contributed by atoms with E-state index in [1.165, 1.54) is 6.20 Å². The van der Waals surface area contributed by atoms with E-state index in [0.717, 1.165) is 5.69 Å². The van der Waals surface area contributed by atoms with E-state index >= 15 is 0 Å². The van der Waals surface area contributed by atoms with E-state index in [9.17, 15) is 9.59 Å². The number of ether oxygens (including phenoxy) is 1. The summed E-state index contributed by atoms with van der Waals surface area (Å²) in [6, 6.07) is 8.70. The topological polar surface area (TPSA) is 80.3 Å². The minimum absolute atomic E-state index is 0.0598. The molecule has 0 aliphatic heterocycles. The summed E-state index contributed by atoms with van der Waals surface area (Å²) in [7, 11) is 0. The van der Waals surface area contributed by atoms with Crippen molar-refractivity contribution in [2.24, 2.45) is 0 Å². The Kier molecular flexibility index (Phi) is 5.89. The highest BCUT2D eigenvalue weighted by atomic mass is 16.5. The molecule has 0 saturated carbocycles. The lowest BCUT2D eigenvalue weighted by Gasteiger charge is -2.10. The van der Waals surface area contributed by atoms with E-state index in [1.807, 2.05) is 13.8 Å². The molecule has 1 heterocycles. The first kappa shape index (κ1) is 17.5. The number of amides is 1. The summed E-state index contributed by atoms with van der Waals surface area (Å²) in [6.07, 6.45) is 3.15. The predicted molar refractivity (Wildman–Crippen MR) is 92.5 cm³/mol. The molecule has 1 aromatic heterocycles. The first-order valence-corrected chi connectivity index (χ1v) is 7.79. The predicted octanol–water partition coefficient (Wildman–Crippen LogP) is 3.14. The summed E-state index contributed by atoms with van der Waals surface area (Å²) >= 11 is 0. The molecule has 2 rings (SSSR count). The number of hydrogen-bond donors (Lipinski definition) is 2. The van der Waals surface area contributed by atoms with Gasteiger partial charge < -0.3 is 15.4 Å². The molecule has 0 spiro atoms. The van der Waals surface area contributed by atoms with Gasteiger partial charge in [-0.25, -0.2) is 4.79 Å². The Hall–Kier alpha value is -2.89. The zero-order valence-corrected chi connectivity index (χ0v) is 14.0. The standard InChI is InChI=1S/C18H21N3O3/c1-4-24-18(23)13-5-7-15(8-6-13)21-16-9-14(10-19-11-16)17(22)20-12(2)3/h5-12,21H,4H2,1-3H3,(H,20,22). The zero-order chi connectivity index (χ0) is 17.5. The Bertz CT molecular complexity index is 712. The van der Waals surface area contributed by atoms with Crippen molar-refractivity contribution >= 4 is 23.3 Å². The van der Waals surface area contributed by atoms with Crippen molar-refractivity contribution in [2.75, 3.05) is 11.9 Å². The second kappa shape index (κ2) is 8.10. The van der Waals surface area contributed by atoms with Gasteiger partial charge in [-0.1, -0.05) is 0 Å². The van der Waals surface area contributed by atoms with Gasteiger partial charge in [0, 0.05) is 17.9 Å². The van der Waals surface area contributed by atoms with E-state index in [-0.39, 0.29) is 17.9 Å². The second-order valence-corrected chi connectivity index (χ2v) is 5.51. The summed E-state index contributed by atoms with van der Waals surface area (Å²) in [5.41, 5.74) is 2.45. The third kappa shape index (κ3) is 4.81. The van der Waals surface area contributed by atoms with Gasteiger partial charge in [0.15, 0.2) is 0 Å². The van der Waals surface area contributed by atoms with Crippen LogP contribution in [0.3, 0.4) is 0 Å². The number of esters is 1. The van der Waals surface area contributed by atoms with E-state index in [0.29, 0.717) is 23.4 Å². The third-order valence-electron chi connectivity index (χ3n) is 3.10. The normalized spacial score (nSPS) is 10.3. The molecule has 1 aromatic carbocycles. The number of benzene rings is 1.